The number of nitrogens with one attached hydrogen (secondary N) is 2. The number of rotatable bonds is 12. The fourth-order valence-corrected chi connectivity index (χ4v) is 6.28. The van der Waals surface area contributed by atoms with E-state index in [1.165, 1.54) is 17.7 Å². The van der Waals surface area contributed by atoms with Crippen molar-refractivity contribution in [3.8, 4) is 16.7 Å². The second-order valence-corrected chi connectivity index (χ2v) is 13.5. The first-order valence-corrected chi connectivity index (χ1v) is 15.9. The Morgan fingerprint density at radius 3 is 2.83 bits per heavy atom. The molecule has 0 aliphatic carbocycles. The van der Waals surface area contributed by atoms with E-state index in [2.05, 4.69) is 21.7 Å². The van der Waals surface area contributed by atoms with Gasteiger partial charge in [-0.25, -0.2) is 9.97 Å². The van der Waals surface area contributed by atoms with Crippen LogP contribution >= 0.6 is 11.3 Å². The van der Waals surface area contributed by atoms with E-state index in [1.54, 1.807) is 23.2 Å². The molecule has 1 aliphatic rings. The largest absolute Gasteiger partial charge is 0.466 e. The number of nitrogens with zero attached hydrogens (tertiary/aromatic N) is 5. The predicted octanol–water partition coefficient (Wildman–Crippen LogP) is 5.14. The molecular formula is C33H37N7O5S. The Balaban J connectivity index is 1.44. The molecule has 2 N–H and O–H groups in total. The summed E-state index contributed by atoms with van der Waals surface area (Å²) in [6.07, 6.45) is 6.22. The first kappa shape index (κ1) is 32.6. The molecule has 0 saturated carbocycles. The molecular weight excluding hydrogens is 606 g/mol. The van der Waals surface area contributed by atoms with Crippen molar-refractivity contribution in [3.63, 3.8) is 0 Å². The Morgan fingerprint density at radius 2 is 2.11 bits per heavy atom. The third kappa shape index (κ3) is 7.70. The number of ether oxygens (including phenoxy) is 1. The van der Waals surface area contributed by atoms with E-state index < -0.39 is 0 Å². The number of oxazole rings is 1. The number of imidazole rings is 1. The topological polar surface area (TPSA) is 155 Å². The quantitative estimate of drug-likeness (QED) is 0.121. The van der Waals surface area contributed by atoms with Gasteiger partial charge in [0, 0.05) is 25.7 Å². The van der Waals surface area contributed by atoms with Crippen molar-refractivity contribution in [1.82, 2.24) is 24.8 Å². The highest BCUT2D eigenvalue weighted by molar-refractivity contribution is 7.17. The van der Waals surface area contributed by atoms with Gasteiger partial charge in [-0.05, 0) is 55.0 Å². The lowest BCUT2D eigenvalue weighted by molar-refractivity contribution is -0.129. The molecule has 0 radical (unpaired) electrons. The summed E-state index contributed by atoms with van der Waals surface area (Å²) in [5, 5.41) is 16.1. The number of fused-ring (bicyclic) bond motifs is 1. The van der Waals surface area contributed by atoms with Gasteiger partial charge in [-0.1, -0.05) is 32.9 Å². The number of thiophene rings is 1. The second-order valence-electron chi connectivity index (χ2n) is 12.4. The summed E-state index contributed by atoms with van der Waals surface area (Å²) in [6, 6.07) is 11.3. The summed E-state index contributed by atoms with van der Waals surface area (Å²) >= 11 is 1.28. The van der Waals surface area contributed by atoms with Crippen LogP contribution in [-0.4, -0.2) is 63.0 Å². The molecule has 1 aliphatic heterocycles. The van der Waals surface area contributed by atoms with Crippen LogP contribution in [0.4, 0.5) is 5.95 Å². The summed E-state index contributed by atoms with van der Waals surface area (Å²) in [5.74, 6) is 0.331. The lowest BCUT2D eigenvalue weighted by atomic mass is 9.93. The maximum Gasteiger partial charge on any atom is 0.293 e. The van der Waals surface area contributed by atoms with Gasteiger partial charge < -0.3 is 23.9 Å². The molecule has 0 bridgehead atoms. The summed E-state index contributed by atoms with van der Waals surface area (Å²) in [6.45, 7) is 9.93. The smallest absolute Gasteiger partial charge is 0.293 e. The van der Waals surface area contributed by atoms with Gasteiger partial charge in [0.05, 0.1) is 33.0 Å². The molecule has 240 valence electrons. The SMILES string of the molecule is C[C@H](COC=O)NCc1ccc2c(c1)nc(NC(=O)c1ccc(-c3cnco3)s1)n2C[C@H]1CCCN1C(=O)C(C#N)=CC(C)(C)C. The minimum Gasteiger partial charge on any atom is -0.466 e. The lowest BCUT2D eigenvalue weighted by Crippen LogP contribution is -2.39. The summed E-state index contributed by atoms with van der Waals surface area (Å²) in [7, 11) is 0. The zero-order chi connectivity index (χ0) is 32.8. The highest BCUT2D eigenvalue weighted by Gasteiger charge is 2.32. The van der Waals surface area contributed by atoms with Gasteiger partial charge in [0.15, 0.2) is 12.2 Å². The molecule has 3 aromatic heterocycles. The van der Waals surface area contributed by atoms with Crippen LogP contribution in [-0.2, 0) is 27.4 Å². The molecule has 2 atom stereocenters. The number of allylic oxidation sites excluding steroid dienone is 1. The molecule has 4 heterocycles. The van der Waals surface area contributed by atoms with Crippen LogP contribution in [0.25, 0.3) is 21.7 Å². The number of likely N-dealkylation sites (tertiary alicyclic amines) is 1. The summed E-state index contributed by atoms with van der Waals surface area (Å²) < 4.78 is 12.2. The predicted molar refractivity (Wildman–Crippen MR) is 174 cm³/mol. The van der Waals surface area contributed by atoms with Gasteiger partial charge in [0.25, 0.3) is 18.3 Å². The molecule has 1 aromatic carbocycles. The Labute approximate surface area is 271 Å². The van der Waals surface area contributed by atoms with Crippen LogP contribution < -0.4 is 10.6 Å². The number of benzene rings is 1. The Hall–Kier alpha value is -4.80. The van der Waals surface area contributed by atoms with Crippen LogP contribution in [0.15, 0.2) is 59.0 Å². The maximum absolute atomic E-state index is 13.5. The van der Waals surface area contributed by atoms with Crippen molar-refractivity contribution in [2.45, 2.75) is 65.7 Å². The normalized spacial score (nSPS) is 15.9. The molecule has 13 heteroatoms. The van der Waals surface area contributed by atoms with Crippen LogP contribution in [0.1, 0.15) is 55.8 Å². The third-order valence-electron chi connectivity index (χ3n) is 7.57. The van der Waals surface area contributed by atoms with Crippen molar-refractivity contribution in [2.24, 2.45) is 5.41 Å². The first-order chi connectivity index (χ1) is 22.1. The van der Waals surface area contributed by atoms with E-state index in [1.807, 2.05) is 56.5 Å². The molecule has 0 unspecified atom stereocenters. The van der Waals surface area contributed by atoms with Gasteiger partial charge in [-0.2, -0.15) is 5.26 Å². The van der Waals surface area contributed by atoms with Gasteiger partial charge in [-0.15, -0.1) is 11.3 Å². The number of aromatic nitrogens is 3. The van der Waals surface area contributed by atoms with Crippen LogP contribution in [0.3, 0.4) is 0 Å². The van der Waals surface area contributed by atoms with E-state index in [0.717, 1.165) is 28.8 Å². The standard InChI is InChI=1S/C33H37N7O5S/c1-21(18-44-20-41)36-15-22-7-8-26-25(12-22)37-32(38-30(42)29-10-9-28(46-29)27-16-35-19-45-27)40(26)17-24-6-5-11-39(24)31(43)23(14-34)13-33(2,3)4/h7-10,12-13,16,19-21,24,36H,5-6,11,15,17-18H2,1-4H3,(H,37,38,42)/t21-,24-/m1/s1. The van der Waals surface area contributed by atoms with E-state index in [4.69, 9.17) is 14.1 Å². The Morgan fingerprint density at radius 1 is 1.28 bits per heavy atom. The van der Waals surface area contributed by atoms with Crippen LogP contribution in [0.5, 0.6) is 0 Å². The van der Waals surface area contributed by atoms with E-state index in [9.17, 15) is 19.6 Å². The first-order valence-electron chi connectivity index (χ1n) is 15.1. The fraction of sp³-hybridized carbons (Fsp3) is 0.394. The molecule has 5 rings (SSSR count). The molecule has 4 aromatic rings. The average Bonchev–Trinajstić information content (AvgIpc) is 3.84. The van der Waals surface area contributed by atoms with Crippen molar-refractivity contribution >= 4 is 46.6 Å². The Kier molecular flexibility index (Phi) is 9.99. The summed E-state index contributed by atoms with van der Waals surface area (Å²) in [5.41, 5.74) is 2.26. The van der Waals surface area contributed by atoms with Gasteiger partial charge in [0.2, 0.25) is 5.95 Å². The van der Waals surface area contributed by atoms with Gasteiger partial charge in [0.1, 0.15) is 18.2 Å². The highest BCUT2D eigenvalue weighted by Crippen LogP contribution is 2.30. The fourth-order valence-electron chi connectivity index (χ4n) is 5.43. The number of anilines is 1. The molecule has 12 nitrogen and oxygen atoms in total. The maximum atomic E-state index is 13.5. The second kappa shape index (κ2) is 14.1. The number of carbonyl (C=O) groups excluding carboxylic acids is 3. The molecule has 1 saturated heterocycles. The number of amides is 2. The zero-order valence-corrected chi connectivity index (χ0v) is 27.1. The van der Waals surface area contributed by atoms with Crippen LogP contribution in [0, 0.1) is 16.7 Å². The summed E-state index contributed by atoms with van der Waals surface area (Å²) in [4.78, 5) is 49.3. The average molecular weight is 644 g/mol. The minimum atomic E-state index is -0.324. The molecule has 1 fully saturated rings. The van der Waals surface area contributed by atoms with Crippen molar-refractivity contribution in [2.75, 3.05) is 18.5 Å². The number of nitriles is 1. The van der Waals surface area contributed by atoms with Crippen molar-refractivity contribution in [3.05, 3.63) is 65.0 Å². The Bertz CT molecular complexity index is 1780. The van der Waals surface area contributed by atoms with Gasteiger partial charge in [-0.3, -0.25) is 19.7 Å². The zero-order valence-electron chi connectivity index (χ0n) is 26.3. The molecule has 2 amide bonds. The van der Waals surface area contributed by atoms with E-state index in [-0.39, 0.29) is 41.5 Å². The molecule has 46 heavy (non-hydrogen) atoms. The number of hydrogen-bond acceptors (Lipinski definition) is 10. The van der Waals surface area contributed by atoms with Crippen molar-refractivity contribution < 1.29 is 23.5 Å². The monoisotopic (exact) mass is 643 g/mol. The minimum absolute atomic E-state index is 0.0440. The lowest BCUT2D eigenvalue weighted by Gasteiger charge is -2.26. The molecule has 0 spiro atoms. The highest BCUT2D eigenvalue weighted by atomic mass is 32.1. The third-order valence-corrected chi connectivity index (χ3v) is 8.67. The van der Waals surface area contributed by atoms with Crippen molar-refractivity contribution in [1.29, 1.82) is 5.26 Å². The number of carbonyl (C=O) groups is 3. The van der Waals surface area contributed by atoms with E-state index >= 15 is 0 Å². The van der Waals surface area contributed by atoms with E-state index in [0.29, 0.717) is 48.2 Å². The van der Waals surface area contributed by atoms with Gasteiger partial charge >= 0.3 is 0 Å². The van der Waals surface area contributed by atoms with Crippen LogP contribution in [0.2, 0.25) is 0 Å². The number of hydrogen-bond donors (Lipinski definition) is 2.